The SMILES string of the molecule is COC(=O)C1CCN(C(=O)c2ccc(Cl)c(Cc3nc4c(n3C)C=CC(C(F)(F)F)C4C)c2Cl)CC1. The van der Waals surface area contributed by atoms with E-state index in [1.165, 1.54) is 26.2 Å². The van der Waals surface area contributed by atoms with Crippen molar-refractivity contribution in [1.82, 2.24) is 14.5 Å². The first-order chi connectivity index (χ1) is 16.9. The van der Waals surface area contributed by atoms with E-state index < -0.39 is 18.0 Å². The van der Waals surface area contributed by atoms with E-state index >= 15 is 0 Å². The molecule has 2 unspecified atom stereocenters. The average molecular weight is 544 g/mol. The molecular weight excluding hydrogens is 518 g/mol. The molecule has 1 aliphatic carbocycles. The number of benzene rings is 1. The van der Waals surface area contributed by atoms with E-state index in [-0.39, 0.29) is 34.8 Å². The molecule has 11 heteroatoms. The first-order valence-corrected chi connectivity index (χ1v) is 12.3. The summed E-state index contributed by atoms with van der Waals surface area (Å²) >= 11 is 13.1. The number of hydrogen-bond donors (Lipinski definition) is 0. The molecule has 0 spiro atoms. The number of carbonyl (C=O) groups is 2. The largest absolute Gasteiger partial charge is 0.469 e. The maximum atomic E-state index is 13.4. The van der Waals surface area contributed by atoms with Crippen LogP contribution in [0.5, 0.6) is 0 Å². The van der Waals surface area contributed by atoms with Crippen LogP contribution >= 0.6 is 23.2 Å². The van der Waals surface area contributed by atoms with Crippen molar-refractivity contribution in [3.63, 3.8) is 0 Å². The topological polar surface area (TPSA) is 64.4 Å². The first kappa shape index (κ1) is 26.5. The number of likely N-dealkylation sites (tertiary alicyclic amines) is 1. The van der Waals surface area contributed by atoms with Crippen molar-refractivity contribution < 1.29 is 27.5 Å². The Morgan fingerprint density at radius 1 is 1.19 bits per heavy atom. The van der Waals surface area contributed by atoms with Crippen molar-refractivity contribution in [3.8, 4) is 0 Å². The summed E-state index contributed by atoms with van der Waals surface area (Å²) in [4.78, 5) is 31.2. The summed E-state index contributed by atoms with van der Waals surface area (Å²) in [5.41, 5.74) is 1.72. The van der Waals surface area contributed by atoms with Gasteiger partial charge in [-0.2, -0.15) is 13.2 Å². The van der Waals surface area contributed by atoms with Crippen molar-refractivity contribution in [2.45, 2.75) is 38.3 Å². The lowest BCUT2D eigenvalue weighted by atomic mass is 9.85. The molecule has 194 valence electrons. The minimum atomic E-state index is -4.36. The van der Waals surface area contributed by atoms with Crippen molar-refractivity contribution >= 4 is 41.2 Å². The number of rotatable bonds is 4. The zero-order chi connectivity index (χ0) is 26.4. The van der Waals surface area contributed by atoms with Crippen LogP contribution in [0.2, 0.25) is 10.0 Å². The van der Waals surface area contributed by atoms with E-state index in [0.717, 1.165) is 0 Å². The van der Waals surface area contributed by atoms with E-state index in [2.05, 4.69) is 4.98 Å². The van der Waals surface area contributed by atoms with Gasteiger partial charge in [0.25, 0.3) is 5.91 Å². The van der Waals surface area contributed by atoms with Crippen LogP contribution in [-0.4, -0.2) is 52.7 Å². The molecule has 1 fully saturated rings. The number of alkyl halides is 3. The molecule has 4 rings (SSSR count). The first-order valence-electron chi connectivity index (χ1n) is 11.6. The standard InChI is InChI=1S/C25H26Cl2F3N3O3/c1-13-17(25(28,29)30)5-7-19-22(13)31-20(32(19)2)12-16-18(26)6-4-15(21(16)27)23(34)33-10-8-14(9-11-33)24(35)36-3/h4-7,13-14,17H,8-12H2,1-3H3. The summed E-state index contributed by atoms with van der Waals surface area (Å²) in [5, 5.41) is 0.513. The fourth-order valence-electron chi connectivity index (χ4n) is 4.93. The number of piperidine rings is 1. The van der Waals surface area contributed by atoms with Gasteiger partial charge in [0.15, 0.2) is 0 Å². The molecule has 2 aliphatic rings. The molecule has 0 N–H and O–H groups in total. The summed E-state index contributed by atoms with van der Waals surface area (Å²) in [5.74, 6) is -2.74. The second-order valence-corrected chi connectivity index (χ2v) is 10.0. The summed E-state index contributed by atoms with van der Waals surface area (Å²) < 4.78 is 46.8. The molecule has 1 saturated heterocycles. The van der Waals surface area contributed by atoms with Gasteiger partial charge in [-0.25, -0.2) is 4.98 Å². The second-order valence-electron chi connectivity index (χ2n) is 9.23. The molecule has 1 aliphatic heterocycles. The predicted molar refractivity (Wildman–Crippen MR) is 130 cm³/mol. The highest BCUT2D eigenvalue weighted by Crippen LogP contribution is 2.43. The zero-order valence-electron chi connectivity index (χ0n) is 20.0. The van der Waals surface area contributed by atoms with E-state index in [1.54, 1.807) is 28.6 Å². The number of aromatic nitrogens is 2. The fraction of sp³-hybridized carbons (Fsp3) is 0.480. The van der Waals surface area contributed by atoms with Gasteiger partial charge in [0, 0.05) is 37.5 Å². The van der Waals surface area contributed by atoms with Crippen LogP contribution in [0, 0.1) is 11.8 Å². The number of carbonyl (C=O) groups excluding carboxylic acids is 2. The molecule has 0 bridgehead atoms. The van der Waals surface area contributed by atoms with Gasteiger partial charge >= 0.3 is 12.1 Å². The highest BCUT2D eigenvalue weighted by molar-refractivity contribution is 6.38. The highest BCUT2D eigenvalue weighted by atomic mass is 35.5. The molecule has 2 atom stereocenters. The van der Waals surface area contributed by atoms with E-state index in [1.807, 2.05) is 0 Å². The van der Waals surface area contributed by atoms with Gasteiger partial charge in [0.2, 0.25) is 0 Å². The smallest absolute Gasteiger partial charge is 0.395 e. The Morgan fingerprint density at radius 2 is 1.86 bits per heavy atom. The molecule has 2 heterocycles. The summed E-state index contributed by atoms with van der Waals surface area (Å²) in [7, 11) is 3.08. The molecule has 0 saturated carbocycles. The van der Waals surface area contributed by atoms with Gasteiger partial charge in [-0.15, -0.1) is 0 Å². The Balaban J connectivity index is 1.58. The molecular formula is C25H26Cl2F3N3O3. The van der Waals surface area contributed by atoms with Crippen molar-refractivity contribution in [1.29, 1.82) is 0 Å². The third-order valence-electron chi connectivity index (χ3n) is 7.14. The number of esters is 1. The molecule has 6 nitrogen and oxygen atoms in total. The number of amides is 1. The minimum absolute atomic E-state index is 0.143. The number of halogens is 5. The van der Waals surface area contributed by atoms with Gasteiger partial charge in [0.05, 0.1) is 40.9 Å². The van der Waals surface area contributed by atoms with Crippen LogP contribution in [-0.2, 0) is 23.0 Å². The molecule has 1 aromatic heterocycles. The normalized spacial score (nSPS) is 20.4. The van der Waals surface area contributed by atoms with Gasteiger partial charge in [-0.3, -0.25) is 9.59 Å². The van der Waals surface area contributed by atoms with E-state index in [0.29, 0.717) is 53.7 Å². The minimum Gasteiger partial charge on any atom is -0.469 e. The van der Waals surface area contributed by atoms with Gasteiger partial charge in [-0.1, -0.05) is 36.2 Å². The van der Waals surface area contributed by atoms with Crippen LogP contribution in [0.4, 0.5) is 13.2 Å². The Kier molecular flexibility index (Phi) is 7.44. The maximum Gasteiger partial charge on any atom is 0.395 e. The lowest BCUT2D eigenvalue weighted by Crippen LogP contribution is -2.40. The van der Waals surface area contributed by atoms with Crippen molar-refractivity contribution in [2.75, 3.05) is 20.2 Å². The maximum absolute atomic E-state index is 13.4. The number of fused-ring (bicyclic) bond motifs is 1. The Morgan fingerprint density at radius 3 is 2.47 bits per heavy atom. The van der Waals surface area contributed by atoms with Gasteiger partial charge in [0.1, 0.15) is 5.82 Å². The molecule has 1 aromatic carbocycles. The Labute approximate surface area is 217 Å². The number of allylic oxidation sites excluding steroid dienone is 1. The molecule has 2 aromatic rings. The van der Waals surface area contributed by atoms with Gasteiger partial charge < -0.3 is 14.2 Å². The van der Waals surface area contributed by atoms with Crippen LogP contribution < -0.4 is 0 Å². The Hall–Kier alpha value is -2.52. The number of nitrogens with zero attached hydrogens (tertiary/aromatic N) is 3. The molecule has 1 amide bonds. The lowest BCUT2D eigenvalue weighted by molar-refractivity contribution is -0.166. The Bertz CT molecular complexity index is 1220. The van der Waals surface area contributed by atoms with Crippen molar-refractivity contribution in [2.24, 2.45) is 18.9 Å². The third kappa shape index (κ3) is 4.87. The van der Waals surface area contributed by atoms with Crippen LogP contribution in [0.3, 0.4) is 0 Å². The summed E-state index contributed by atoms with van der Waals surface area (Å²) in [6, 6.07) is 3.15. The highest BCUT2D eigenvalue weighted by Gasteiger charge is 2.45. The fourth-order valence-corrected chi connectivity index (χ4v) is 5.52. The van der Waals surface area contributed by atoms with Crippen LogP contribution in [0.15, 0.2) is 18.2 Å². The molecule has 0 radical (unpaired) electrons. The second kappa shape index (κ2) is 10.1. The number of imidazole rings is 1. The predicted octanol–water partition coefficient (Wildman–Crippen LogP) is 5.65. The van der Waals surface area contributed by atoms with E-state index in [4.69, 9.17) is 27.9 Å². The van der Waals surface area contributed by atoms with Crippen molar-refractivity contribution in [3.05, 3.63) is 56.6 Å². The lowest BCUT2D eigenvalue weighted by Gasteiger charge is -2.31. The number of hydrogen-bond acceptors (Lipinski definition) is 4. The van der Waals surface area contributed by atoms with Crippen LogP contribution in [0.1, 0.15) is 58.8 Å². The average Bonchev–Trinajstić information content (AvgIpc) is 3.16. The monoisotopic (exact) mass is 543 g/mol. The van der Waals surface area contributed by atoms with E-state index in [9.17, 15) is 22.8 Å². The van der Waals surface area contributed by atoms with Gasteiger partial charge in [-0.05, 0) is 36.6 Å². The summed E-state index contributed by atoms with van der Waals surface area (Å²) in [6.07, 6.45) is -0.603. The quantitative estimate of drug-likeness (QED) is 0.467. The molecule has 36 heavy (non-hydrogen) atoms. The summed E-state index contributed by atoms with van der Waals surface area (Å²) in [6.45, 7) is 2.30. The third-order valence-corrected chi connectivity index (χ3v) is 7.92. The number of methoxy groups -OCH3 is 1. The van der Waals surface area contributed by atoms with Crippen LogP contribution in [0.25, 0.3) is 6.08 Å². The number of ether oxygens (including phenoxy) is 1. The zero-order valence-corrected chi connectivity index (χ0v) is 21.5.